The van der Waals surface area contributed by atoms with Gasteiger partial charge in [0.2, 0.25) is 0 Å². The number of fused-ring (bicyclic) bond motifs is 3. The molecule has 0 radical (unpaired) electrons. The van der Waals surface area contributed by atoms with Crippen LogP contribution in [0.1, 0.15) is 137 Å². The van der Waals surface area contributed by atoms with Crippen LogP contribution >= 0.6 is 0 Å². The lowest BCUT2D eigenvalue weighted by Crippen LogP contribution is -2.40. The molecular formula is C35H58O2. The van der Waals surface area contributed by atoms with Crippen LogP contribution in [0, 0.1) is 58.2 Å². The van der Waals surface area contributed by atoms with E-state index in [9.17, 15) is 0 Å². The summed E-state index contributed by atoms with van der Waals surface area (Å²) >= 11 is 0. The van der Waals surface area contributed by atoms with Crippen LogP contribution in [-0.4, -0.2) is 23.9 Å². The molecule has 2 saturated heterocycles. The zero-order valence-corrected chi connectivity index (χ0v) is 25.0. The first-order valence-electron chi connectivity index (χ1n) is 16.9. The molecule has 0 aromatic carbocycles. The Balaban J connectivity index is 1.06. The minimum Gasteiger partial charge on any atom is -0.376 e. The highest BCUT2D eigenvalue weighted by molar-refractivity contribution is 5.09. The summed E-state index contributed by atoms with van der Waals surface area (Å²) in [5.74, 6) is 7.85. The van der Waals surface area contributed by atoms with Gasteiger partial charge in [-0.2, -0.15) is 0 Å². The number of hydrogen-bond donors (Lipinski definition) is 0. The molecule has 2 aliphatic heterocycles. The first-order valence-corrected chi connectivity index (χ1v) is 16.9. The number of epoxide rings is 1. The smallest absolute Gasteiger partial charge is 0.0923 e. The molecule has 0 spiro atoms. The molecule has 0 aromatic rings. The third-order valence-electron chi connectivity index (χ3n) is 14.1. The van der Waals surface area contributed by atoms with Crippen LogP contribution in [0.4, 0.5) is 0 Å². The maximum atomic E-state index is 6.23. The van der Waals surface area contributed by atoms with Gasteiger partial charge in [0.15, 0.2) is 0 Å². The van der Waals surface area contributed by atoms with Crippen molar-refractivity contribution >= 4 is 0 Å². The maximum Gasteiger partial charge on any atom is 0.0923 e. The Hall–Kier alpha value is -0.0800. The van der Waals surface area contributed by atoms with Crippen molar-refractivity contribution in [2.75, 3.05) is 6.61 Å². The Labute approximate surface area is 228 Å². The average Bonchev–Trinajstić information content (AvgIpc) is 3.76. The monoisotopic (exact) mass is 510 g/mol. The lowest BCUT2D eigenvalue weighted by Gasteiger charge is -2.44. The molecule has 2 heteroatoms. The molecule has 12 unspecified atom stereocenters. The van der Waals surface area contributed by atoms with Crippen molar-refractivity contribution < 1.29 is 9.47 Å². The van der Waals surface area contributed by atoms with E-state index in [1.165, 1.54) is 96.3 Å². The van der Waals surface area contributed by atoms with Gasteiger partial charge < -0.3 is 9.47 Å². The molecule has 0 amide bonds. The fourth-order valence-electron chi connectivity index (χ4n) is 11.6. The SMILES string of the molecule is CC1(C)CC(C(CCCC(C2CCC3CC3(C)C2)C2CCC3OC3(C)C2)C2CCCC3(C)CC23)CCO1. The Morgan fingerprint density at radius 1 is 0.703 bits per heavy atom. The normalized spacial score (nSPS) is 53.3. The van der Waals surface area contributed by atoms with Gasteiger partial charge in [-0.3, -0.25) is 0 Å². The van der Waals surface area contributed by atoms with Crippen LogP contribution in [0.2, 0.25) is 0 Å². The molecule has 2 heterocycles. The summed E-state index contributed by atoms with van der Waals surface area (Å²) in [6, 6.07) is 0. The summed E-state index contributed by atoms with van der Waals surface area (Å²) in [6.45, 7) is 13.4. The Kier molecular flexibility index (Phi) is 6.26. The summed E-state index contributed by atoms with van der Waals surface area (Å²) in [7, 11) is 0. The van der Waals surface area contributed by atoms with Gasteiger partial charge in [-0.05, 0) is 169 Å². The van der Waals surface area contributed by atoms with Gasteiger partial charge in [-0.15, -0.1) is 0 Å². The minimum atomic E-state index is 0.0852. The number of hydrogen-bond acceptors (Lipinski definition) is 2. The third-order valence-corrected chi connectivity index (χ3v) is 14.1. The molecule has 2 nitrogen and oxygen atoms in total. The van der Waals surface area contributed by atoms with E-state index in [-0.39, 0.29) is 11.2 Å². The first-order chi connectivity index (χ1) is 17.6. The van der Waals surface area contributed by atoms with E-state index < -0.39 is 0 Å². The molecule has 7 aliphatic rings. The van der Waals surface area contributed by atoms with E-state index in [0.29, 0.717) is 16.9 Å². The zero-order chi connectivity index (χ0) is 25.6. The quantitative estimate of drug-likeness (QED) is 0.304. The number of ether oxygens (including phenoxy) is 2. The van der Waals surface area contributed by atoms with Gasteiger partial charge in [-0.1, -0.05) is 26.7 Å². The summed E-state index contributed by atoms with van der Waals surface area (Å²) < 4.78 is 12.4. The van der Waals surface area contributed by atoms with Crippen molar-refractivity contribution in [3.63, 3.8) is 0 Å². The van der Waals surface area contributed by atoms with Crippen LogP contribution in [-0.2, 0) is 9.47 Å². The van der Waals surface area contributed by atoms with Gasteiger partial charge in [0.25, 0.3) is 0 Å². The highest BCUT2D eigenvalue weighted by Crippen LogP contribution is 2.67. The molecule has 7 fully saturated rings. The highest BCUT2D eigenvalue weighted by Gasteiger charge is 2.60. The molecule has 37 heavy (non-hydrogen) atoms. The van der Waals surface area contributed by atoms with E-state index in [1.54, 1.807) is 6.42 Å². The average molecular weight is 511 g/mol. The van der Waals surface area contributed by atoms with Crippen molar-refractivity contribution in [1.82, 2.24) is 0 Å². The summed E-state index contributed by atoms with van der Waals surface area (Å²) in [5, 5.41) is 0. The van der Waals surface area contributed by atoms with Crippen molar-refractivity contribution in [2.45, 2.75) is 155 Å². The van der Waals surface area contributed by atoms with Gasteiger partial charge in [0.05, 0.1) is 17.3 Å². The number of rotatable bonds is 8. The molecular weight excluding hydrogens is 452 g/mol. The Morgan fingerprint density at radius 3 is 2.24 bits per heavy atom. The van der Waals surface area contributed by atoms with E-state index in [4.69, 9.17) is 9.47 Å². The lowest BCUT2D eigenvalue weighted by atomic mass is 9.63. The Bertz CT molecular complexity index is 831. The standard InChI is InChI=1S/C35H58O2/c1-32(2)18-25(15-17-36-32)28(29-10-7-16-33(3)22-30(29)33)9-6-8-27(23-11-13-26-21-34(26,4)19-23)24-12-14-31-35(5,20-24)37-31/h23-31H,6-22H2,1-5H3. The van der Waals surface area contributed by atoms with E-state index in [2.05, 4.69) is 34.6 Å². The van der Waals surface area contributed by atoms with Crippen molar-refractivity contribution in [2.24, 2.45) is 58.2 Å². The molecule has 7 rings (SSSR count). The van der Waals surface area contributed by atoms with E-state index >= 15 is 0 Å². The summed E-state index contributed by atoms with van der Waals surface area (Å²) in [6.07, 6.45) is 24.1. The Morgan fingerprint density at radius 2 is 1.46 bits per heavy atom. The van der Waals surface area contributed by atoms with Crippen molar-refractivity contribution in [3.8, 4) is 0 Å². The molecule has 5 saturated carbocycles. The zero-order valence-electron chi connectivity index (χ0n) is 25.0. The second-order valence-electron chi connectivity index (χ2n) is 17.2. The fraction of sp³-hybridized carbons (Fsp3) is 1.00. The van der Waals surface area contributed by atoms with Gasteiger partial charge in [-0.25, -0.2) is 0 Å². The van der Waals surface area contributed by atoms with E-state index in [1.807, 2.05) is 0 Å². The van der Waals surface area contributed by atoms with Crippen LogP contribution in [0.25, 0.3) is 0 Å². The van der Waals surface area contributed by atoms with Crippen LogP contribution in [0.15, 0.2) is 0 Å². The van der Waals surface area contributed by atoms with Crippen LogP contribution < -0.4 is 0 Å². The molecule has 0 N–H and O–H groups in total. The summed E-state index contributed by atoms with van der Waals surface area (Å²) in [4.78, 5) is 0. The molecule has 5 aliphatic carbocycles. The fourth-order valence-corrected chi connectivity index (χ4v) is 11.6. The van der Waals surface area contributed by atoms with Crippen LogP contribution in [0.5, 0.6) is 0 Å². The molecule has 12 atom stereocenters. The van der Waals surface area contributed by atoms with Crippen molar-refractivity contribution in [1.29, 1.82) is 0 Å². The molecule has 0 aromatic heterocycles. The molecule has 210 valence electrons. The summed E-state index contributed by atoms with van der Waals surface area (Å²) in [5.41, 5.74) is 1.76. The van der Waals surface area contributed by atoms with Gasteiger partial charge in [0, 0.05) is 6.61 Å². The largest absolute Gasteiger partial charge is 0.376 e. The van der Waals surface area contributed by atoms with Crippen LogP contribution in [0.3, 0.4) is 0 Å². The van der Waals surface area contributed by atoms with Crippen molar-refractivity contribution in [3.05, 3.63) is 0 Å². The topological polar surface area (TPSA) is 21.8 Å². The predicted molar refractivity (Wildman–Crippen MR) is 151 cm³/mol. The van der Waals surface area contributed by atoms with Gasteiger partial charge in [0.1, 0.15) is 0 Å². The minimum absolute atomic E-state index is 0.0852. The highest BCUT2D eigenvalue weighted by atomic mass is 16.6. The molecule has 0 bridgehead atoms. The maximum absolute atomic E-state index is 6.23. The second-order valence-corrected chi connectivity index (χ2v) is 17.2. The van der Waals surface area contributed by atoms with Gasteiger partial charge >= 0.3 is 0 Å². The second kappa shape index (κ2) is 8.96. The third kappa shape index (κ3) is 4.89. The van der Waals surface area contributed by atoms with E-state index in [0.717, 1.165) is 54.0 Å². The lowest BCUT2D eigenvalue weighted by molar-refractivity contribution is -0.0912. The first kappa shape index (κ1) is 25.9. The predicted octanol–water partition coefficient (Wildman–Crippen LogP) is 9.20.